The number of carbonyl (C=O) groups is 1. The zero-order valence-corrected chi connectivity index (χ0v) is 8.79. The molecular formula is C10H16N4O. The summed E-state index contributed by atoms with van der Waals surface area (Å²) < 4.78 is 0. The predicted molar refractivity (Wildman–Crippen MR) is 56.5 cm³/mol. The third-order valence-corrected chi connectivity index (χ3v) is 2.70. The third-order valence-electron chi connectivity index (χ3n) is 2.70. The molecule has 1 aliphatic rings. The first-order chi connectivity index (χ1) is 7.25. The largest absolute Gasteiger partial charge is 0.348 e. The molecule has 1 aromatic rings. The van der Waals surface area contributed by atoms with Gasteiger partial charge in [0.15, 0.2) is 0 Å². The van der Waals surface area contributed by atoms with Crippen molar-refractivity contribution >= 4 is 5.91 Å². The summed E-state index contributed by atoms with van der Waals surface area (Å²) in [5.74, 6) is -0.0633. The number of nitrogens with one attached hydrogen (secondary N) is 3. The first-order valence-corrected chi connectivity index (χ1v) is 5.28. The van der Waals surface area contributed by atoms with Gasteiger partial charge in [-0.2, -0.15) is 0 Å². The number of imidazole rings is 1. The lowest BCUT2D eigenvalue weighted by atomic mass is 10.0. The maximum Gasteiger partial charge on any atom is 0.269 e. The van der Waals surface area contributed by atoms with Crippen LogP contribution in [0.25, 0.3) is 0 Å². The van der Waals surface area contributed by atoms with Crippen LogP contribution >= 0.6 is 0 Å². The monoisotopic (exact) mass is 208 g/mol. The Balaban J connectivity index is 1.89. The van der Waals surface area contributed by atoms with E-state index < -0.39 is 0 Å². The van der Waals surface area contributed by atoms with Crippen molar-refractivity contribution in [3.63, 3.8) is 0 Å². The van der Waals surface area contributed by atoms with Gasteiger partial charge in [-0.3, -0.25) is 4.79 Å². The molecule has 0 saturated carbocycles. The van der Waals surface area contributed by atoms with E-state index in [1.807, 2.05) is 0 Å². The van der Waals surface area contributed by atoms with Crippen molar-refractivity contribution < 1.29 is 4.79 Å². The molecule has 0 aromatic carbocycles. The molecule has 0 spiro atoms. The number of carbonyl (C=O) groups excluding carboxylic acids is 1. The average molecular weight is 208 g/mol. The van der Waals surface area contributed by atoms with E-state index in [4.69, 9.17) is 0 Å². The average Bonchev–Trinajstić information content (AvgIpc) is 2.70. The van der Waals surface area contributed by atoms with E-state index in [2.05, 4.69) is 27.5 Å². The summed E-state index contributed by atoms with van der Waals surface area (Å²) in [6, 6.07) is 0.753. The van der Waals surface area contributed by atoms with Crippen LogP contribution in [-0.2, 0) is 0 Å². The van der Waals surface area contributed by atoms with E-state index in [1.165, 1.54) is 6.33 Å². The molecule has 5 nitrogen and oxygen atoms in total. The summed E-state index contributed by atoms with van der Waals surface area (Å²) in [6.07, 6.45) is 5.03. The highest BCUT2D eigenvalue weighted by Gasteiger charge is 2.20. The summed E-state index contributed by atoms with van der Waals surface area (Å²) in [4.78, 5) is 18.3. The van der Waals surface area contributed by atoms with Crippen LogP contribution in [0.15, 0.2) is 12.5 Å². The van der Waals surface area contributed by atoms with E-state index in [0.29, 0.717) is 11.7 Å². The van der Waals surface area contributed by atoms with Gasteiger partial charge in [-0.05, 0) is 26.3 Å². The van der Waals surface area contributed by atoms with Crippen LogP contribution in [0.1, 0.15) is 30.3 Å². The van der Waals surface area contributed by atoms with E-state index in [-0.39, 0.29) is 11.9 Å². The van der Waals surface area contributed by atoms with Crippen LogP contribution in [-0.4, -0.2) is 34.5 Å². The second-order valence-electron chi connectivity index (χ2n) is 4.02. The summed E-state index contributed by atoms with van der Waals surface area (Å²) in [6.45, 7) is 3.10. The Labute approximate surface area is 88.7 Å². The van der Waals surface area contributed by atoms with Crippen LogP contribution in [0.2, 0.25) is 0 Å². The van der Waals surface area contributed by atoms with Crippen molar-refractivity contribution in [2.45, 2.75) is 31.8 Å². The molecule has 1 aliphatic heterocycles. The number of aromatic amines is 1. The third kappa shape index (κ3) is 2.56. The molecule has 82 valence electrons. The molecule has 3 N–H and O–H groups in total. The number of amides is 1. The van der Waals surface area contributed by atoms with Crippen LogP contribution in [0.4, 0.5) is 0 Å². The second kappa shape index (κ2) is 4.44. The fourth-order valence-corrected chi connectivity index (χ4v) is 1.91. The predicted octanol–water partition coefficient (Wildman–Crippen LogP) is 0.280. The number of rotatable bonds is 2. The zero-order valence-electron chi connectivity index (χ0n) is 8.79. The minimum Gasteiger partial charge on any atom is -0.348 e. The van der Waals surface area contributed by atoms with Gasteiger partial charge in [-0.1, -0.05) is 0 Å². The summed E-state index contributed by atoms with van der Waals surface area (Å²) in [5, 5.41) is 6.35. The molecule has 0 aliphatic carbocycles. The summed E-state index contributed by atoms with van der Waals surface area (Å²) in [7, 11) is 0. The Morgan fingerprint density at radius 3 is 3.20 bits per heavy atom. The Kier molecular flexibility index (Phi) is 3.01. The standard InChI is InChI=1S/C10H16N4O/c1-7-4-8(2-3-12-7)14-10(15)9-5-11-6-13-9/h5-8,12H,2-4H2,1H3,(H,11,13)(H,14,15). The molecule has 0 bridgehead atoms. The molecular weight excluding hydrogens is 192 g/mol. The number of hydrogen-bond acceptors (Lipinski definition) is 3. The van der Waals surface area contributed by atoms with Gasteiger partial charge in [-0.25, -0.2) is 4.98 Å². The Morgan fingerprint density at radius 1 is 1.67 bits per heavy atom. The van der Waals surface area contributed by atoms with Crippen molar-refractivity contribution in [3.05, 3.63) is 18.2 Å². The molecule has 0 radical (unpaired) electrons. The van der Waals surface area contributed by atoms with Crippen molar-refractivity contribution in [1.29, 1.82) is 0 Å². The summed E-state index contributed by atoms with van der Waals surface area (Å²) in [5.41, 5.74) is 0.529. The second-order valence-corrected chi connectivity index (χ2v) is 4.02. The molecule has 1 aromatic heterocycles. The Hall–Kier alpha value is -1.36. The first kappa shape index (κ1) is 10.2. The molecule has 15 heavy (non-hydrogen) atoms. The number of aromatic nitrogens is 2. The lowest BCUT2D eigenvalue weighted by Crippen LogP contribution is -2.46. The van der Waals surface area contributed by atoms with Gasteiger partial charge in [-0.15, -0.1) is 0 Å². The maximum absolute atomic E-state index is 11.7. The van der Waals surface area contributed by atoms with Crippen molar-refractivity contribution in [2.75, 3.05) is 6.54 Å². The van der Waals surface area contributed by atoms with E-state index in [9.17, 15) is 4.79 Å². The zero-order chi connectivity index (χ0) is 10.7. The lowest BCUT2D eigenvalue weighted by molar-refractivity contribution is 0.0921. The van der Waals surface area contributed by atoms with Gasteiger partial charge in [0.2, 0.25) is 0 Å². The van der Waals surface area contributed by atoms with E-state index in [0.717, 1.165) is 19.4 Å². The van der Waals surface area contributed by atoms with Gasteiger partial charge in [0.05, 0.1) is 12.5 Å². The fraction of sp³-hybridized carbons (Fsp3) is 0.600. The maximum atomic E-state index is 11.7. The number of piperidine rings is 1. The van der Waals surface area contributed by atoms with Crippen molar-refractivity contribution in [3.8, 4) is 0 Å². The number of hydrogen-bond donors (Lipinski definition) is 3. The van der Waals surface area contributed by atoms with Crippen LogP contribution in [0, 0.1) is 0 Å². The van der Waals surface area contributed by atoms with Gasteiger partial charge >= 0.3 is 0 Å². The quantitative estimate of drug-likeness (QED) is 0.654. The van der Waals surface area contributed by atoms with Gasteiger partial charge in [0.25, 0.3) is 5.91 Å². The first-order valence-electron chi connectivity index (χ1n) is 5.28. The molecule has 1 fully saturated rings. The fourth-order valence-electron chi connectivity index (χ4n) is 1.91. The smallest absolute Gasteiger partial charge is 0.269 e. The molecule has 5 heteroatoms. The molecule has 2 unspecified atom stereocenters. The van der Waals surface area contributed by atoms with Crippen molar-refractivity contribution in [2.24, 2.45) is 0 Å². The molecule has 2 rings (SSSR count). The molecule has 1 saturated heterocycles. The van der Waals surface area contributed by atoms with Crippen molar-refractivity contribution in [1.82, 2.24) is 20.6 Å². The number of nitrogens with zero attached hydrogens (tertiary/aromatic N) is 1. The van der Waals surface area contributed by atoms with Gasteiger partial charge < -0.3 is 15.6 Å². The SMILES string of the molecule is CC1CC(NC(=O)c2cnc[nH]2)CCN1. The van der Waals surface area contributed by atoms with Crippen LogP contribution in [0.3, 0.4) is 0 Å². The van der Waals surface area contributed by atoms with Gasteiger partial charge in [0.1, 0.15) is 5.69 Å². The Bertz CT molecular complexity index is 322. The topological polar surface area (TPSA) is 69.8 Å². The van der Waals surface area contributed by atoms with E-state index in [1.54, 1.807) is 6.20 Å². The van der Waals surface area contributed by atoms with Crippen LogP contribution < -0.4 is 10.6 Å². The minimum absolute atomic E-state index is 0.0633. The van der Waals surface area contributed by atoms with E-state index >= 15 is 0 Å². The molecule has 2 atom stereocenters. The minimum atomic E-state index is -0.0633. The molecule has 2 heterocycles. The molecule has 1 amide bonds. The highest BCUT2D eigenvalue weighted by Crippen LogP contribution is 2.08. The normalized spacial score (nSPS) is 26.2. The highest BCUT2D eigenvalue weighted by molar-refractivity contribution is 5.92. The highest BCUT2D eigenvalue weighted by atomic mass is 16.1. The van der Waals surface area contributed by atoms with Gasteiger partial charge in [0, 0.05) is 12.1 Å². The Morgan fingerprint density at radius 2 is 2.53 bits per heavy atom. The lowest BCUT2D eigenvalue weighted by Gasteiger charge is -2.28. The number of H-pyrrole nitrogens is 1. The summed E-state index contributed by atoms with van der Waals surface area (Å²) >= 11 is 0. The van der Waals surface area contributed by atoms with Crippen LogP contribution in [0.5, 0.6) is 0 Å².